The molecule has 158 valence electrons. The molecule has 0 aliphatic rings. The minimum absolute atomic E-state index is 0.349. The standard InChI is InChI=1S/C22H24N2O5S/c1-13-19(14-7-9-16(26-3)10-8-14)24(2)22(30-13)23-21(25)15-11-17(27-4)20(29-6)18(12-15)28-5/h7-12H,1-6H3. The van der Waals surface area contributed by atoms with Crippen LogP contribution in [0.5, 0.6) is 23.0 Å². The summed E-state index contributed by atoms with van der Waals surface area (Å²) in [4.78, 5) is 18.9. The molecule has 0 fully saturated rings. The van der Waals surface area contributed by atoms with Crippen molar-refractivity contribution in [2.75, 3.05) is 28.4 Å². The van der Waals surface area contributed by atoms with Crippen LogP contribution in [0.25, 0.3) is 11.3 Å². The average molecular weight is 429 g/mol. The van der Waals surface area contributed by atoms with Crippen LogP contribution in [-0.2, 0) is 7.05 Å². The number of thiazole rings is 1. The van der Waals surface area contributed by atoms with Crippen LogP contribution in [0.4, 0.5) is 0 Å². The minimum atomic E-state index is -0.396. The SMILES string of the molecule is COc1ccc(-c2c(C)sc(=NC(=O)c3cc(OC)c(OC)c(OC)c3)n2C)cc1. The maximum absolute atomic E-state index is 12.9. The van der Waals surface area contributed by atoms with Crippen LogP contribution >= 0.6 is 11.3 Å². The van der Waals surface area contributed by atoms with Crippen LogP contribution in [0, 0.1) is 6.92 Å². The molecule has 1 amide bonds. The first kappa shape index (κ1) is 21.4. The molecule has 0 saturated carbocycles. The first-order chi connectivity index (χ1) is 14.4. The summed E-state index contributed by atoms with van der Waals surface area (Å²) in [5.41, 5.74) is 2.37. The Bertz CT molecular complexity index is 1100. The second-order valence-electron chi connectivity index (χ2n) is 6.41. The van der Waals surface area contributed by atoms with E-state index in [-0.39, 0.29) is 0 Å². The molecule has 8 heteroatoms. The highest BCUT2D eigenvalue weighted by atomic mass is 32.1. The molecular weight excluding hydrogens is 404 g/mol. The Morgan fingerprint density at radius 2 is 1.53 bits per heavy atom. The van der Waals surface area contributed by atoms with E-state index in [1.165, 1.54) is 32.7 Å². The molecule has 0 radical (unpaired) electrons. The van der Waals surface area contributed by atoms with Crippen molar-refractivity contribution in [3.8, 4) is 34.3 Å². The molecule has 2 aromatic carbocycles. The van der Waals surface area contributed by atoms with E-state index in [4.69, 9.17) is 18.9 Å². The summed E-state index contributed by atoms with van der Waals surface area (Å²) in [6.07, 6.45) is 0. The van der Waals surface area contributed by atoms with Gasteiger partial charge in [-0.05, 0) is 48.9 Å². The number of aromatic nitrogens is 1. The molecule has 30 heavy (non-hydrogen) atoms. The molecule has 0 aliphatic carbocycles. The summed E-state index contributed by atoms with van der Waals surface area (Å²) >= 11 is 1.45. The molecular formula is C22H24N2O5S. The van der Waals surface area contributed by atoms with Gasteiger partial charge in [0.2, 0.25) is 5.75 Å². The van der Waals surface area contributed by atoms with E-state index in [1.54, 1.807) is 19.2 Å². The first-order valence-electron chi connectivity index (χ1n) is 9.13. The number of nitrogens with zero attached hydrogens (tertiary/aromatic N) is 2. The molecule has 0 atom stereocenters. The second-order valence-corrected chi connectivity index (χ2v) is 7.59. The average Bonchev–Trinajstić information content (AvgIpc) is 3.05. The molecule has 3 aromatic rings. The number of methoxy groups -OCH3 is 4. The van der Waals surface area contributed by atoms with Crippen molar-refractivity contribution in [1.82, 2.24) is 4.57 Å². The lowest BCUT2D eigenvalue weighted by atomic mass is 10.1. The Balaban J connectivity index is 2.04. The maximum Gasteiger partial charge on any atom is 0.279 e. The highest BCUT2D eigenvalue weighted by molar-refractivity contribution is 7.09. The topological polar surface area (TPSA) is 71.3 Å². The molecule has 0 spiro atoms. The molecule has 1 heterocycles. The fourth-order valence-electron chi connectivity index (χ4n) is 3.19. The zero-order valence-electron chi connectivity index (χ0n) is 17.8. The molecule has 0 aliphatic heterocycles. The summed E-state index contributed by atoms with van der Waals surface area (Å²) in [7, 11) is 8.06. The molecule has 0 bridgehead atoms. The lowest BCUT2D eigenvalue weighted by Crippen LogP contribution is -2.14. The smallest absolute Gasteiger partial charge is 0.279 e. The molecule has 0 saturated heterocycles. The third kappa shape index (κ3) is 4.04. The number of benzene rings is 2. The van der Waals surface area contributed by atoms with E-state index < -0.39 is 5.91 Å². The van der Waals surface area contributed by atoms with Crippen LogP contribution in [0.1, 0.15) is 15.2 Å². The zero-order valence-corrected chi connectivity index (χ0v) is 18.6. The number of carbonyl (C=O) groups is 1. The van der Waals surface area contributed by atoms with Gasteiger partial charge < -0.3 is 23.5 Å². The minimum Gasteiger partial charge on any atom is -0.497 e. The van der Waals surface area contributed by atoms with Gasteiger partial charge in [0.25, 0.3) is 5.91 Å². The van der Waals surface area contributed by atoms with Gasteiger partial charge in [-0.1, -0.05) is 0 Å². The van der Waals surface area contributed by atoms with E-state index in [9.17, 15) is 4.79 Å². The molecule has 7 nitrogen and oxygen atoms in total. The monoisotopic (exact) mass is 428 g/mol. The van der Waals surface area contributed by atoms with Crippen LogP contribution in [0.2, 0.25) is 0 Å². The van der Waals surface area contributed by atoms with E-state index in [0.29, 0.717) is 27.6 Å². The number of hydrogen-bond donors (Lipinski definition) is 0. The van der Waals surface area contributed by atoms with Crippen LogP contribution in [0.15, 0.2) is 41.4 Å². The number of carbonyl (C=O) groups excluding carboxylic acids is 1. The Labute approximate surface area is 179 Å². The van der Waals surface area contributed by atoms with Gasteiger partial charge >= 0.3 is 0 Å². The van der Waals surface area contributed by atoms with Crippen molar-refractivity contribution in [1.29, 1.82) is 0 Å². The fourth-order valence-corrected chi connectivity index (χ4v) is 4.17. The van der Waals surface area contributed by atoms with Crippen molar-refractivity contribution in [2.45, 2.75) is 6.92 Å². The van der Waals surface area contributed by atoms with E-state index in [2.05, 4.69) is 4.99 Å². The molecule has 3 rings (SSSR count). The van der Waals surface area contributed by atoms with Gasteiger partial charge in [-0.2, -0.15) is 4.99 Å². The van der Waals surface area contributed by atoms with Gasteiger partial charge in [0.05, 0.1) is 34.1 Å². The largest absolute Gasteiger partial charge is 0.497 e. The molecule has 1 aromatic heterocycles. The normalized spacial score (nSPS) is 11.3. The number of amides is 1. The van der Waals surface area contributed by atoms with Gasteiger partial charge in [-0.15, -0.1) is 11.3 Å². The zero-order chi connectivity index (χ0) is 21.8. The quantitative estimate of drug-likeness (QED) is 0.597. The predicted octanol–water partition coefficient (Wildman–Crippen LogP) is 3.84. The number of aryl methyl sites for hydroxylation is 1. The maximum atomic E-state index is 12.9. The Hall–Kier alpha value is -3.26. The highest BCUT2D eigenvalue weighted by Gasteiger charge is 2.17. The molecule has 0 unspecified atom stereocenters. The van der Waals surface area contributed by atoms with E-state index in [0.717, 1.165) is 21.9 Å². The van der Waals surface area contributed by atoms with Crippen molar-refractivity contribution in [3.05, 3.63) is 51.6 Å². The lowest BCUT2D eigenvalue weighted by molar-refractivity contribution is 0.0997. The van der Waals surface area contributed by atoms with Crippen LogP contribution in [0.3, 0.4) is 0 Å². The Morgan fingerprint density at radius 1 is 0.933 bits per heavy atom. The van der Waals surface area contributed by atoms with E-state index >= 15 is 0 Å². The summed E-state index contributed by atoms with van der Waals surface area (Å²) < 4.78 is 23.1. The number of ether oxygens (including phenoxy) is 4. The van der Waals surface area contributed by atoms with Crippen molar-refractivity contribution >= 4 is 17.2 Å². The van der Waals surface area contributed by atoms with Crippen LogP contribution in [-0.4, -0.2) is 38.9 Å². The second kappa shape index (κ2) is 9.04. The van der Waals surface area contributed by atoms with Crippen molar-refractivity contribution in [3.63, 3.8) is 0 Å². The first-order valence-corrected chi connectivity index (χ1v) is 9.95. The van der Waals surface area contributed by atoms with Gasteiger partial charge in [0, 0.05) is 17.5 Å². The van der Waals surface area contributed by atoms with Crippen molar-refractivity contribution < 1.29 is 23.7 Å². The summed E-state index contributed by atoms with van der Waals surface area (Å²) in [6.45, 7) is 2.01. The summed E-state index contributed by atoms with van der Waals surface area (Å²) in [6, 6.07) is 11.0. The highest BCUT2D eigenvalue weighted by Crippen LogP contribution is 2.38. The van der Waals surface area contributed by atoms with Gasteiger partial charge in [0.15, 0.2) is 16.3 Å². The third-order valence-electron chi connectivity index (χ3n) is 4.67. The van der Waals surface area contributed by atoms with Gasteiger partial charge in [-0.25, -0.2) is 0 Å². The van der Waals surface area contributed by atoms with E-state index in [1.807, 2.05) is 42.8 Å². The lowest BCUT2D eigenvalue weighted by Gasteiger charge is -2.12. The fraction of sp³-hybridized carbons (Fsp3) is 0.273. The van der Waals surface area contributed by atoms with Crippen LogP contribution < -0.4 is 23.7 Å². The number of rotatable bonds is 6. The number of hydrogen-bond acceptors (Lipinski definition) is 6. The molecule has 0 N–H and O–H groups in total. The Kier molecular flexibility index (Phi) is 6.47. The summed E-state index contributed by atoms with van der Waals surface area (Å²) in [5, 5.41) is 0. The van der Waals surface area contributed by atoms with Crippen molar-refractivity contribution in [2.24, 2.45) is 12.0 Å². The van der Waals surface area contributed by atoms with Gasteiger partial charge in [-0.3, -0.25) is 4.79 Å². The third-order valence-corrected chi connectivity index (χ3v) is 5.72. The van der Waals surface area contributed by atoms with Gasteiger partial charge in [0.1, 0.15) is 5.75 Å². The summed E-state index contributed by atoms with van der Waals surface area (Å²) in [5.74, 6) is 1.63. The Morgan fingerprint density at radius 3 is 2.03 bits per heavy atom. The predicted molar refractivity (Wildman–Crippen MR) is 116 cm³/mol.